The Morgan fingerprint density at radius 3 is 1.71 bits per heavy atom. The maximum absolute atomic E-state index is 12.5. The molecule has 0 saturated heterocycles. The van der Waals surface area contributed by atoms with Gasteiger partial charge >= 0.3 is 5.97 Å². The van der Waals surface area contributed by atoms with E-state index in [4.69, 9.17) is 18.2 Å². The van der Waals surface area contributed by atoms with Crippen LogP contribution in [0.2, 0.25) is 18.1 Å². The van der Waals surface area contributed by atoms with Gasteiger partial charge in [0.05, 0.1) is 27.7 Å². The molecule has 0 fully saturated rings. The van der Waals surface area contributed by atoms with Crippen molar-refractivity contribution in [2.24, 2.45) is 0 Å². The van der Waals surface area contributed by atoms with Crippen molar-refractivity contribution in [3.05, 3.63) is 72.9 Å². The van der Waals surface area contributed by atoms with Gasteiger partial charge in [0, 0.05) is 6.42 Å². The fraction of sp³-hybridized carbons (Fsp3) is 0.658. The van der Waals surface area contributed by atoms with Gasteiger partial charge in [-0.15, -0.1) is 0 Å². The maximum atomic E-state index is 12.5. The summed E-state index contributed by atoms with van der Waals surface area (Å²) < 4.78 is 34.9. The van der Waals surface area contributed by atoms with E-state index in [-0.39, 0.29) is 30.8 Å². The Morgan fingerprint density at radius 2 is 1.25 bits per heavy atom. The number of carbonyl (C=O) groups is 1. The van der Waals surface area contributed by atoms with Gasteiger partial charge in [0.2, 0.25) is 0 Å². The molecule has 10 heteroatoms. The van der Waals surface area contributed by atoms with Crippen molar-refractivity contribution in [3.63, 3.8) is 0 Å². The van der Waals surface area contributed by atoms with E-state index in [0.29, 0.717) is 23.9 Å². The Hall–Kier alpha value is -1.84. The van der Waals surface area contributed by atoms with Gasteiger partial charge in [-0.25, -0.2) is 0 Å². The number of nitrogens with zero attached hydrogens (tertiary/aromatic N) is 1. The number of carbonyl (C=O) groups excluding carboxylic acids is 1. The summed E-state index contributed by atoms with van der Waals surface area (Å²) in [4.78, 5) is 24.8. The van der Waals surface area contributed by atoms with E-state index < -0.39 is 22.2 Å². The van der Waals surface area contributed by atoms with Crippen LogP contribution in [0.4, 0.5) is 0 Å². The molecule has 8 nitrogen and oxygen atoms in total. The molecule has 0 aliphatic rings. The van der Waals surface area contributed by atoms with Gasteiger partial charge in [-0.3, -0.25) is 9.36 Å². The van der Waals surface area contributed by atoms with E-state index in [1.54, 1.807) is 0 Å². The number of hydrogen-bond donors (Lipinski definition) is 0. The summed E-state index contributed by atoms with van der Waals surface area (Å²) in [6, 6.07) is 0. The lowest BCUT2D eigenvalue weighted by Crippen LogP contribution is -2.46. The van der Waals surface area contributed by atoms with E-state index in [1.807, 2.05) is 21.1 Å². The SMILES string of the molecule is CC/C=C\C/C=C\C/C=C\C/C=C\C/C=C\C/C=C\CCCCC(=O)OCC(COP(=O)([O-])OCC[N+](C)(C)C)O[Si](C)(C)C(C)(C)C. The fourth-order valence-electron chi connectivity index (χ4n) is 3.78. The number of quaternary nitrogens is 1. The third-order valence-corrected chi connectivity index (χ3v) is 13.2. The third-order valence-electron chi connectivity index (χ3n) is 7.73. The van der Waals surface area contributed by atoms with E-state index in [0.717, 1.165) is 51.4 Å². The number of allylic oxidation sites excluding steroid dienone is 12. The standard InChI is InChI=1S/C38H68NO7PSi/c1-10-11-12-13-14-15-16-17-18-19-20-21-22-23-24-25-26-27-28-29-30-31-37(40)43-34-36(46-48(8,9)38(2,3)4)35-45-47(41,42)44-33-32-39(5,6)7/h11-12,14-15,17-18,20-21,23-24,26-27,36H,10,13,16,19,22,25,28-35H2,1-9H3/b12-11-,15-14-,18-17-,21-20-,24-23-,27-26-. The van der Waals surface area contributed by atoms with Crippen molar-refractivity contribution in [3.8, 4) is 0 Å². The van der Waals surface area contributed by atoms with Crippen LogP contribution in [0.25, 0.3) is 0 Å². The average Bonchev–Trinajstić information content (AvgIpc) is 2.98. The summed E-state index contributed by atoms with van der Waals surface area (Å²) in [6.45, 7) is 12.7. The van der Waals surface area contributed by atoms with Gasteiger partial charge in [0.1, 0.15) is 25.9 Å². The van der Waals surface area contributed by atoms with Crippen LogP contribution in [0.1, 0.15) is 91.9 Å². The molecule has 0 saturated carbocycles. The summed E-state index contributed by atoms with van der Waals surface area (Å²) in [7, 11) is -0.964. The number of likely N-dealkylation sites (N-methyl/N-ethyl adjacent to an activating group) is 1. The lowest BCUT2D eigenvalue weighted by molar-refractivity contribution is -0.870. The van der Waals surface area contributed by atoms with Gasteiger partial charge in [0.25, 0.3) is 7.82 Å². The van der Waals surface area contributed by atoms with Crippen molar-refractivity contribution < 1.29 is 36.9 Å². The van der Waals surface area contributed by atoms with Crippen molar-refractivity contribution >= 4 is 22.1 Å². The Morgan fingerprint density at radius 1 is 0.771 bits per heavy atom. The van der Waals surface area contributed by atoms with E-state index in [9.17, 15) is 14.3 Å². The lowest BCUT2D eigenvalue weighted by atomic mass is 10.2. The van der Waals surface area contributed by atoms with Gasteiger partial charge in [-0.2, -0.15) is 0 Å². The highest BCUT2D eigenvalue weighted by molar-refractivity contribution is 7.45. The molecule has 0 N–H and O–H groups in total. The molecule has 2 atom stereocenters. The van der Waals surface area contributed by atoms with Gasteiger partial charge in [-0.05, 0) is 75.9 Å². The molecule has 0 bridgehead atoms. The van der Waals surface area contributed by atoms with E-state index in [2.05, 4.69) is 114 Å². The smallest absolute Gasteiger partial charge is 0.305 e. The molecular weight excluding hydrogens is 641 g/mol. The molecule has 0 amide bonds. The Labute approximate surface area is 295 Å². The number of unbranched alkanes of at least 4 members (excludes halogenated alkanes) is 2. The second-order valence-electron chi connectivity index (χ2n) is 14.4. The second-order valence-corrected chi connectivity index (χ2v) is 20.6. The zero-order valence-electron chi connectivity index (χ0n) is 31.7. The fourth-order valence-corrected chi connectivity index (χ4v) is 5.83. The molecule has 0 heterocycles. The van der Waals surface area contributed by atoms with Gasteiger partial charge in [-0.1, -0.05) is 101 Å². The molecule has 0 rings (SSSR count). The van der Waals surface area contributed by atoms with Crippen LogP contribution in [0, 0.1) is 0 Å². The monoisotopic (exact) mass is 709 g/mol. The summed E-state index contributed by atoms with van der Waals surface area (Å²) in [5, 5.41) is -0.112. The minimum atomic E-state index is -4.52. The van der Waals surface area contributed by atoms with Gasteiger partial charge in [0.15, 0.2) is 8.32 Å². The largest absolute Gasteiger partial charge is 0.756 e. The zero-order valence-corrected chi connectivity index (χ0v) is 33.6. The minimum absolute atomic E-state index is 0.0194. The molecule has 0 aliphatic heterocycles. The topological polar surface area (TPSA) is 94.1 Å². The van der Waals surface area contributed by atoms with Crippen LogP contribution < -0.4 is 4.89 Å². The van der Waals surface area contributed by atoms with Crippen LogP contribution in [0.3, 0.4) is 0 Å². The number of phosphoric acid groups is 1. The van der Waals surface area contributed by atoms with Crippen LogP contribution >= 0.6 is 7.82 Å². The quantitative estimate of drug-likeness (QED) is 0.0210. The second kappa shape index (κ2) is 26.0. The van der Waals surface area contributed by atoms with E-state index >= 15 is 0 Å². The average molecular weight is 710 g/mol. The highest BCUT2D eigenvalue weighted by atomic mass is 31.2. The first-order valence-electron chi connectivity index (χ1n) is 17.6. The minimum Gasteiger partial charge on any atom is -0.756 e. The molecule has 0 aromatic rings. The molecule has 0 radical (unpaired) electrons. The first kappa shape index (κ1) is 46.2. The predicted octanol–water partition coefficient (Wildman–Crippen LogP) is 9.39. The summed E-state index contributed by atoms with van der Waals surface area (Å²) in [5.74, 6) is -0.328. The first-order chi connectivity index (χ1) is 22.5. The highest BCUT2D eigenvalue weighted by Gasteiger charge is 2.39. The van der Waals surface area contributed by atoms with Crippen molar-refractivity contribution in [1.82, 2.24) is 0 Å². The van der Waals surface area contributed by atoms with Crippen molar-refractivity contribution in [2.75, 3.05) is 47.5 Å². The molecule has 0 aromatic heterocycles. The normalized spacial score (nSPS) is 15.6. The van der Waals surface area contributed by atoms with Crippen LogP contribution in [0.5, 0.6) is 0 Å². The Kier molecular flexibility index (Phi) is 25.0. The van der Waals surface area contributed by atoms with Gasteiger partial charge < -0.3 is 27.6 Å². The summed E-state index contributed by atoms with van der Waals surface area (Å²) >= 11 is 0. The van der Waals surface area contributed by atoms with Crippen molar-refractivity contribution in [1.29, 1.82) is 0 Å². The third kappa shape index (κ3) is 28.0. The lowest BCUT2D eigenvalue weighted by Gasteiger charge is -2.39. The van der Waals surface area contributed by atoms with Crippen molar-refractivity contribution in [2.45, 2.75) is 116 Å². The number of esters is 1. The number of hydrogen-bond acceptors (Lipinski definition) is 7. The Bertz CT molecular complexity index is 1080. The van der Waals surface area contributed by atoms with E-state index in [1.165, 1.54) is 0 Å². The summed E-state index contributed by atoms with van der Waals surface area (Å²) in [6.07, 6.45) is 34.2. The number of rotatable bonds is 27. The number of phosphoric ester groups is 1. The van der Waals surface area contributed by atoms with Crippen LogP contribution in [-0.4, -0.2) is 72.4 Å². The number of ether oxygens (including phenoxy) is 1. The molecule has 276 valence electrons. The predicted molar refractivity (Wildman–Crippen MR) is 202 cm³/mol. The molecule has 2 unspecified atom stereocenters. The molecule has 0 aliphatic carbocycles. The maximum Gasteiger partial charge on any atom is 0.305 e. The van der Waals surface area contributed by atoms with Crippen LogP contribution in [-0.2, 0) is 27.6 Å². The molecular formula is C38H68NO7PSi. The molecule has 48 heavy (non-hydrogen) atoms. The molecule has 0 aromatic carbocycles. The summed E-state index contributed by atoms with van der Waals surface area (Å²) in [5.41, 5.74) is 0. The Balaban J connectivity index is 4.36. The molecule has 0 spiro atoms. The zero-order chi connectivity index (χ0) is 36.4. The first-order valence-corrected chi connectivity index (χ1v) is 22.0. The van der Waals surface area contributed by atoms with Crippen LogP contribution in [0.15, 0.2) is 72.9 Å². The highest BCUT2D eigenvalue weighted by Crippen LogP contribution is 2.40.